The SMILES string of the molecule is COc1ccc(-c2c/c(=N/Nc3nc(C)cc(C)n3)c3ccc(C)cc3o2)cc1OC. The van der Waals surface area contributed by atoms with Crippen molar-refractivity contribution in [2.24, 2.45) is 5.10 Å². The number of benzene rings is 2. The van der Waals surface area contributed by atoms with Gasteiger partial charge in [-0.25, -0.2) is 15.4 Å². The maximum atomic E-state index is 6.22. The summed E-state index contributed by atoms with van der Waals surface area (Å²) >= 11 is 0. The van der Waals surface area contributed by atoms with Crippen LogP contribution in [-0.4, -0.2) is 24.2 Å². The zero-order valence-corrected chi connectivity index (χ0v) is 18.2. The molecule has 0 aliphatic rings. The number of hydrogen-bond acceptors (Lipinski definition) is 7. The van der Waals surface area contributed by atoms with E-state index in [9.17, 15) is 0 Å². The molecule has 0 fully saturated rings. The molecule has 7 nitrogen and oxygen atoms in total. The Kier molecular flexibility index (Phi) is 5.58. The number of aryl methyl sites for hydroxylation is 3. The Labute approximate surface area is 180 Å². The topological polar surface area (TPSA) is 81.8 Å². The maximum absolute atomic E-state index is 6.22. The van der Waals surface area contributed by atoms with E-state index in [1.165, 1.54) is 0 Å². The average molecular weight is 416 g/mol. The summed E-state index contributed by atoms with van der Waals surface area (Å²) in [6, 6.07) is 15.5. The van der Waals surface area contributed by atoms with Crippen LogP contribution in [0.5, 0.6) is 11.5 Å². The van der Waals surface area contributed by atoms with Crippen molar-refractivity contribution in [3.8, 4) is 22.8 Å². The van der Waals surface area contributed by atoms with Gasteiger partial charge in [-0.05, 0) is 62.7 Å². The number of fused-ring (bicyclic) bond motifs is 1. The molecule has 2 aromatic carbocycles. The van der Waals surface area contributed by atoms with Crippen LogP contribution in [-0.2, 0) is 0 Å². The third-order valence-corrected chi connectivity index (χ3v) is 4.83. The first kappa shape index (κ1) is 20.4. The van der Waals surface area contributed by atoms with Crippen LogP contribution in [0.3, 0.4) is 0 Å². The molecular formula is C24H24N4O3. The minimum atomic E-state index is 0.450. The molecule has 7 heteroatoms. The molecule has 0 spiro atoms. The van der Waals surface area contributed by atoms with Gasteiger partial charge < -0.3 is 13.9 Å². The third-order valence-electron chi connectivity index (χ3n) is 4.83. The highest BCUT2D eigenvalue weighted by atomic mass is 16.5. The summed E-state index contributed by atoms with van der Waals surface area (Å²) in [6.45, 7) is 5.87. The Bertz CT molecular complexity index is 1310. The minimum absolute atomic E-state index is 0.450. The van der Waals surface area contributed by atoms with Crippen LogP contribution in [0, 0.1) is 20.8 Å². The molecule has 0 unspecified atom stereocenters. The van der Waals surface area contributed by atoms with Gasteiger partial charge in [0.25, 0.3) is 0 Å². The van der Waals surface area contributed by atoms with Gasteiger partial charge in [-0.15, -0.1) is 0 Å². The van der Waals surface area contributed by atoms with Crippen LogP contribution < -0.4 is 20.3 Å². The van der Waals surface area contributed by atoms with E-state index in [0.717, 1.165) is 33.5 Å². The van der Waals surface area contributed by atoms with Gasteiger partial charge in [-0.2, -0.15) is 5.10 Å². The molecule has 4 rings (SSSR count). The van der Waals surface area contributed by atoms with Crippen LogP contribution in [0.25, 0.3) is 22.3 Å². The number of nitrogens with zero attached hydrogens (tertiary/aromatic N) is 3. The Morgan fingerprint density at radius 3 is 2.29 bits per heavy atom. The highest BCUT2D eigenvalue weighted by Crippen LogP contribution is 2.32. The van der Waals surface area contributed by atoms with Gasteiger partial charge in [0.2, 0.25) is 5.95 Å². The first-order valence-corrected chi connectivity index (χ1v) is 9.86. The van der Waals surface area contributed by atoms with Gasteiger partial charge in [-0.3, -0.25) is 0 Å². The van der Waals surface area contributed by atoms with Crippen molar-refractivity contribution in [2.45, 2.75) is 20.8 Å². The summed E-state index contributed by atoms with van der Waals surface area (Å²) in [6.07, 6.45) is 0. The van der Waals surface area contributed by atoms with E-state index >= 15 is 0 Å². The zero-order chi connectivity index (χ0) is 22.0. The van der Waals surface area contributed by atoms with Crippen LogP contribution in [0.15, 0.2) is 58.0 Å². The number of hydrogen-bond donors (Lipinski definition) is 1. The van der Waals surface area contributed by atoms with E-state index < -0.39 is 0 Å². The predicted octanol–water partition coefficient (Wildman–Crippen LogP) is 4.76. The van der Waals surface area contributed by atoms with Gasteiger partial charge in [0.05, 0.1) is 19.6 Å². The smallest absolute Gasteiger partial charge is 0.243 e. The molecule has 31 heavy (non-hydrogen) atoms. The second-order valence-corrected chi connectivity index (χ2v) is 7.26. The number of anilines is 1. The molecule has 0 aliphatic heterocycles. The zero-order valence-electron chi connectivity index (χ0n) is 18.2. The van der Waals surface area contributed by atoms with Crippen molar-refractivity contribution < 1.29 is 13.9 Å². The molecule has 0 atom stereocenters. The largest absolute Gasteiger partial charge is 0.493 e. The monoisotopic (exact) mass is 416 g/mol. The normalized spacial score (nSPS) is 11.6. The van der Waals surface area contributed by atoms with E-state index in [0.29, 0.717) is 28.6 Å². The quantitative estimate of drug-likeness (QED) is 0.473. The van der Waals surface area contributed by atoms with Crippen molar-refractivity contribution in [3.05, 3.63) is 70.8 Å². The van der Waals surface area contributed by atoms with Gasteiger partial charge in [-0.1, -0.05) is 6.07 Å². The molecule has 0 saturated heterocycles. The molecule has 0 aliphatic carbocycles. The summed E-state index contributed by atoms with van der Waals surface area (Å²) < 4.78 is 17.0. The van der Waals surface area contributed by atoms with Gasteiger partial charge in [0.1, 0.15) is 11.3 Å². The van der Waals surface area contributed by atoms with Crippen molar-refractivity contribution in [1.82, 2.24) is 9.97 Å². The van der Waals surface area contributed by atoms with Crippen molar-refractivity contribution in [3.63, 3.8) is 0 Å². The highest BCUT2D eigenvalue weighted by molar-refractivity contribution is 5.79. The molecule has 158 valence electrons. The van der Waals surface area contributed by atoms with Crippen LogP contribution in [0.4, 0.5) is 5.95 Å². The number of rotatable bonds is 5. The van der Waals surface area contributed by atoms with E-state index in [-0.39, 0.29) is 0 Å². The van der Waals surface area contributed by atoms with Gasteiger partial charge in [0, 0.05) is 28.4 Å². The number of methoxy groups -OCH3 is 2. The van der Waals surface area contributed by atoms with Crippen LogP contribution >= 0.6 is 0 Å². The van der Waals surface area contributed by atoms with E-state index in [2.05, 4.69) is 20.5 Å². The van der Waals surface area contributed by atoms with Gasteiger partial charge >= 0.3 is 0 Å². The summed E-state index contributed by atoms with van der Waals surface area (Å²) in [7, 11) is 3.22. The summed E-state index contributed by atoms with van der Waals surface area (Å²) in [5.74, 6) is 2.38. The molecule has 2 aromatic heterocycles. The first-order chi connectivity index (χ1) is 15.0. The molecule has 1 N–H and O–H groups in total. The molecule has 0 saturated carbocycles. The molecule has 2 heterocycles. The fourth-order valence-electron chi connectivity index (χ4n) is 3.39. The second kappa shape index (κ2) is 8.47. The van der Waals surface area contributed by atoms with E-state index in [4.69, 9.17) is 13.9 Å². The average Bonchev–Trinajstić information content (AvgIpc) is 2.75. The molecular weight excluding hydrogens is 392 g/mol. The summed E-state index contributed by atoms with van der Waals surface area (Å²) in [5.41, 5.74) is 7.41. The lowest BCUT2D eigenvalue weighted by Gasteiger charge is -2.10. The fourth-order valence-corrected chi connectivity index (χ4v) is 3.39. The summed E-state index contributed by atoms with van der Waals surface area (Å²) in [4.78, 5) is 8.79. The maximum Gasteiger partial charge on any atom is 0.243 e. The molecule has 0 bridgehead atoms. The van der Waals surface area contributed by atoms with Crippen LogP contribution in [0.2, 0.25) is 0 Å². The number of ether oxygens (including phenoxy) is 2. The van der Waals surface area contributed by atoms with Crippen molar-refractivity contribution >= 4 is 16.9 Å². The lowest BCUT2D eigenvalue weighted by atomic mass is 10.1. The standard InChI is InChI=1S/C24H24N4O3/c1-14-6-8-18-19(27-28-24-25-15(2)11-16(3)26-24)13-21(31-22(18)10-14)17-7-9-20(29-4)23(12-17)30-5/h6-13H,1-5H3,(H,25,26,28)/b27-19-. The van der Waals surface area contributed by atoms with Crippen LogP contribution in [0.1, 0.15) is 17.0 Å². The van der Waals surface area contributed by atoms with Crippen molar-refractivity contribution in [1.29, 1.82) is 0 Å². The lowest BCUT2D eigenvalue weighted by molar-refractivity contribution is 0.355. The molecule has 0 amide bonds. The van der Waals surface area contributed by atoms with Gasteiger partial charge in [0.15, 0.2) is 11.5 Å². The lowest BCUT2D eigenvalue weighted by Crippen LogP contribution is -2.09. The fraction of sp³-hybridized carbons (Fsp3) is 0.208. The van der Waals surface area contributed by atoms with Crippen molar-refractivity contribution in [2.75, 3.05) is 19.6 Å². The Morgan fingerprint density at radius 1 is 0.839 bits per heavy atom. The number of aromatic nitrogens is 2. The Morgan fingerprint density at radius 2 is 1.58 bits per heavy atom. The molecule has 4 aromatic rings. The number of nitrogens with one attached hydrogen (secondary N) is 1. The third kappa shape index (κ3) is 4.35. The minimum Gasteiger partial charge on any atom is -0.493 e. The second-order valence-electron chi connectivity index (χ2n) is 7.26. The highest BCUT2D eigenvalue weighted by Gasteiger charge is 2.11. The van der Waals surface area contributed by atoms with E-state index in [1.807, 2.05) is 69.3 Å². The summed E-state index contributed by atoms with van der Waals surface area (Å²) in [5, 5.41) is 6.19. The molecule has 0 radical (unpaired) electrons. The predicted molar refractivity (Wildman–Crippen MR) is 120 cm³/mol. The first-order valence-electron chi connectivity index (χ1n) is 9.86. The Balaban J connectivity index is 1.87. The van der Waals surface area contributed by atoms with E-state index in [1.54, 1.807) is 14.2 Å². The Hall–Kier alpha value is -3.87.